The lowest BCUT2D eigenvalue weighted by atomic mass is 9.96. The van der Waals surface area contributed by atoms with Crippen molar-refractivity contribution in [2.75, 3.05) is 6.54 Å². The summed E-state index contributed by atoms with van der Waals surface area (Å²) in [6.45, 7) is 6.33. The van der Waals surface area contributed by atoms with Gasteiger partial charge < -0.3 is 15.5 Å². The normalized spacial score (nSPS) is 13.5. The molecule has 4 nitrogen and oxygen atoms in total. The third-order valence-electron chi connectivity index (χ3n) is 4.24. The van der Waals surface area contributed by atoms with Crippen molar-refractivity contribution in [2.24, 2.45) is 5.92 Å². The average molecular weight is 341 g/mol. The summed E-state index contributed by atoms with van der Waals surface area (Å²) in [6.07, 6.45) is 0.174. The Balaban J connectivity index is 1.91. The smallest absolute Gasteiger partial charge is 0.227 e. The molecule has 0 saturated heterocycles. The SMILES string of the molecule is CC(C)Cc1ccc(C(C)C(=O)NC[C@H](O)c2cccc(O)c2)cc1. The Morgan fingerprint density at radius 3 is 2.32 bits per heavy atom. The fraction of sp³-hybridized carbons (Fsp3) is 0.381. The van der Waals surface area contributed by atoms with Gasteiger partial charge in [-0.05, 0) is 48.1 Å². The number of phenols is 1. The molecule has 0 saturated carbocycles. The highest BCUT2D eigenvalue weighted by Gasteiger charge is 2.17. The first kappa shape index (κ1) is 19.0. The molecule has 2 rings (SSSR count). The summed E-state index contributed by atoms with van der Waals surface area (Å²) in [6, 6.07) is 14.5. The second kappa shape index (κ2) is 8.67. The van der Waals surface area contributed by atoms with E-state index in [9.17, 15) is 15.0 Å². The van der Waals surface area contributed by atoms with Gasteiger partial charge in [-0.2, -0.15) is 0 Å². The monoisotopic (exact) mass is 341 g/mol. The summed E-state index contributed by atoms with van der Waals surface area (Å²) >= 11 is 0. The molecule has 4 heteroatoms. The van der Waals surface area contributed by atoms with Gasteiger partial charge in [-0.3, -0.25) is 4.79 Å². The van der Waals surface area contributed by atoms with Crippen molar-refractivity contribution in [1.29, 1.82) is 0 Å². The number of aliphatic hydroxyl groups excluding tert-OH is 1. The lowest BCUT2D eigenvalue weighted by molar-refractivity contribution is -0.122. The number of hydrogen-bond acceptors (Lipinski definition) is 3. The van der Waals surface area contributed by atoms with Crippen molar-refractivity contribution in [3.05, 3.63) is 65.2 Å². The van der Waals surface area contributed by atoms with Crippen LogP contribution in [0.2, 0.25) is 0 Å². The highest BCUT2D eigenvalue weighted by atomic mass is 16.3. The van der Waals surface area contributed by atoms with Crippen molar-refractivity contribution in [2.45, 2.75) is 39.2 Å². The first-order chi connectivity index (χ1) is 11.9. The van der Waals surface area contributed by atoms with Gasteiger partial charge in [0.05, 0.1) is 12.0 Å². The second-order valence-electron chi connectivity index (χ2n) is 6.92. The molecular weight excluding hydrogens is 314 g/mol. The molecule has 0 aliphatic carbocycles. The number of aliphatic hydroxyl groups is 1. The highest BCUT2D eigenvalue weighted by Crippen LogP contribution is 2.20. The number of carbonyl (C=O) groups excluding carboxylic acids is 1. The molecule has 0 fully saturated rings. The van der Waals surface area contributed by atoms with Crippen LogP contribution >= 0.6 is 0 Å². The number of rotatable bonds is 7. The maximum absolute atomic E-state index is 12.3. The quantitative estimate of drug-likeness (QED) is 0.721. The van der Waals surface area contributed by atoms with Gasteiger partial charge in [0.25, 0.3) is 0 Å². The van der Waals surface area contributed by atoms with Gasteiger partial charge in [-0.25, -0.2) is 0 Å². The number of amides is 1. The molecule has 3 N–H and O–H groups in total. The molecule has 0 spiro atoms. The molecule has 1 amide bonds. The molecule has 134 valence electrons. The molecule has 25 heavy (non-hydrogen) atoms. The zero-order valence-electron chi connectivity index (χ0n) is 15.1. The number of carbonyl (C=O) groups is 1. The Morgan fingerprint density at radius 1 is 1.04 bits per heavy atom. The maximum atomic E-state index is 12.3. The molecule has 0 heterocycles. The molecule has 1 unspecified atom stereocenters. The van der Waals surface area contributed by atoms with E-state index in [-0.39, 0.29) is 24.1 Å². The van der Waals surface area contributed by atoms with E-state index in [0.29, 0.717) is 11.5 Å². The van der Waals surface area contributed by atoms with Gasteiger partial charge in [-0.1, -0.05) is 50.2 Å². The zero-order valence-corrected chi connectivity index (χ0v) is 15.1. The van der Waals surface area contributed by atoms with E-state index in [2.05, 4.69) is 31.3 Å². The van der Waals surface area contributed by atoms with Gasteiger partial charge in [0.2, 0.25) is 5.91 Å². The Hall–Kier alpha value is -2.33. The minimum atomic E-state index is -0.850. The molecule has 0 radical (unpaired) electrons. The average Bonchev–Trinajstić information content (AvgIpc) is 2.59. The van der Waals surface area contributed by atoms with Crippen LogP contribution in [0.15, 0.2) is 48.5 Å². The predicted molar refractivity (Wildman–Crippen MR) is 99.5 cm³/mol. The molecule has 0 aliphatic rings. The van der Waals surface area contributed by atoms with E-state index in [1.54, 1.807) is 18.2 Å². The fourth-order valence-corrected chi connectivity index (χ4v) is 2.77. The summed E-state index contributed by atoms with van der Waals surface area (Å²) in [5.41, 5.74) is 2.80. The summed E-state index contributed by atoms with van der Waals surface area (Å²) in [4.78, 5) is 12.3. The Labute approximate surface area is 149 Å². The third kappa shape index (κ3) is 5.61. The van der Waals surface area contributed by atoms with Crippen molar-refractivity contribution in [1.82, 2.24) is 5.32 Å². The first-order valence-corrected chi connectivity index (χ1v) is 8.70. The Morgan fingerprint density at radius 2 is 1.72 bits per heavy atom. The summed E-state index contributed by atoms with van der Waals surface area (Å²) in [5.74, 6) is 0.281. The topological polar surface area (TPSA) is 69.6 Å². The van der Waals surface area contributed by atoms with Crippen LogP contribution in [0.1, 0.15) is 49.5 Å². The highest BCUT2D eigenvalue weighted by molar-refractivity contribution is 5.83. The minimum absolute atomic E-state index is 0.0951. The molecule has 2 aromatic carbocycles. The minimum Gasteiger partial charge on any atom is -0.508 e. The fourth-order valence-electron chi connectivity index (χ4n) is 2.77. The van der Waals surface area contributed by atoms with Crippen molar-refractivity contribution < 1.29 is 15.0 Å². The van der Waals surface area contributed by atoms with E-state index >= 15 is 0 Å². The van der Waals surface area contributed by atoms with Gasteiger partial charge in [0, 0.05) is 6.54 Å². The molecular formula is C21H27NO3. The van der Waals surface area contributed by atoms with Crippen LogP contribution < -0.4 is 5.32 Å². The van der Waals surface area contributed by atoms with E-state index in [0.717, 1.165) is 12.0 Å². The summed E-state index contributed by atoms with van der Waals surface area (Å²) < 4.78 is 0. The van der Waals surface area contributed by atoms with Crippen molar-refractivity contribution >= 4 is 5.91 Å². The van der Waals surface area contributed by atoms with Crippen molar-refractivity contribution in [3.63, 3.8) is 0 Å². The third-order valence-corrected chi connectivity index (χ3v) is 4.24. The molecule has 0 bridgehead atoms. The summed E-state index contributed by atoms with van der Waals surface area (Å²) in [5, 5.41) is 22.4. The number of phenolic OH excluding ortho intramolecular Hbond substituents is 1. The first-order valence-electron chi connectivity index (χ1n) is 8.70. The number of aromatic hydroxyl groups is 1. The molecule has 0 aromatic heterocycles. The summed E-state index contributed by atoms with van der Waals surface area (Å²) in [7, 11) is 0. The lowest BCUT2D eigenvalue weighted by Crippen LogP contribution is -2.31. The van der Waals surface area contributed by atoms with Gasteiger partial charge >= 0.3 is 0 Å². The molecule has 0 aliphatic heterocycles. The Bertz CT molecular complexity index is 695. The van der Waals surface area contributed by atoms with Crippen LogP contribution in [0.3, 0.4) is 0 Å². The largest absolute Gasteiger partial charge is 0.508 e. The maximum Gasteiger partial charge on any atom is 0.227 e. The number of benzene rings is 2. The van der Waals surface area contributed by atoms with Crippen LogP contribution in [0.4, 0.5) is 0 Å². The second-order valence-corrected chi connectivity index (χ2v) is 6.92. The van der Waals surface area contributed by atoms with E-state index < -0.39 is 6.10 Å². The van der Waals surface area contributed by atoms with Crippen molar-refractivity contribution in [3.8, 4) is 5.75 Å². The molecule has 2 aromatic rings. The van der Waals surface area contributed by atoms with E-state index in [1.165, 1.54) is 11.6 Å². The predicted octanol–water partition coefficient (Wildman–Crippen LogP) is 3.54. The van der Waals surface area contributed by atoms with Gasteiger partial charge in [0.1, 0.15) is 5.75 Å². The van der Waals surface area contributed by atoms with E-state index in [1.807, 2.05) is 19.1 Å². The van der Waals surface area contributed by atoms with Crippen LogP contribution in [-0.4, -0.2) is 22.7 Å². The van der Waals surface area contributed by atoms with Gasteiger partial charge in [0.15, 0.2) is 0 Å². The van der Waals surface area contributed by atoms with Crippen LogP contribution in [-0.2, 0) is 11.2 Å². The zero-order chi connectivity index (χ0) is 18.4. The number of hydrogen-bond donors (Lipinski definition) is 3. The lowest BCUT2D eigenvalue weighted by Gasteiger charge is -2.16. The van der Waals surface area contributed by atoms with E-state index in [4.69, 9.17) is 0 Å². The van der Waals surface area contributed by atoms with Crippen LogP contribution in [0.5, 0.6) is 5.75 Å². The number of nitrogens with one attached hydrogen (secondary N) is 1. The standard InChI is InChI=1S/C21H27NO3/c1-14(2)11-16-7-9-17(10-8-16)15(3)21(25)22-13-20(24)18-5-4-6-19(23)12-18/h4-10,12,14-15,20,23-24H,11,13H2,1-3H3,(H,22,25)/t15?,20-/m0/s1. The van der Waals surface area contributed by atoms with Crippen LogP contribution in [0, 0.1) is 5.92 Å². The Kier molecular flexibility index (Phi) is 6.59. The van der Waals surface area contributed by atoms with Crippen LogP contribution in [0.25, 0.3) is 0 Å². The molecule has 2 atom stereocenters. The van der Waals surface area contributed by atoms with Gasteiger partial charge in [-0.15, -0.1) is 0 Å².